The lowest BCUT2D eigenvalue weighted by Gasteiger charge is -2.15. The molecule has 0 fully saturated rings. The molecular formula is C14H27BrN2O2. The highest BCUT2D eigenvalue weighted by atomic mass is 79.9. The Morgan fingerprint density at radius 2 is 1.79 bits per heavy atom. The maximum Gasteiger partial charge on any atom is 0.0742 e. The predicted molar refractivity (Wildman–Crippen MR) is 84.3 cm³/mol. The van der Waals surface area contributed by atoms with E-state index in [0.717, 1.165) is 4.47 Å². The maximum absolute atomic E-state index is 8.11. The number of halogens is 1. The number of aryl methyl sites for hydroxylation is 1. The molecule has 19 heavy (non-hydrogen) atoms. The first-order valence-corrected chi connectivity index (χ1v) is 6.96. The van der Waals surface area contributed by atoms with E-state index in [1.807, 2.05) is 26.2 Å². The molecule has 1 unspecified atom stereocenters. The summed E-state index contributed by atoms with van der Waals surface area (Å²) in [5.41, 5.74) is 1.47. The molecule has 0 aliphatic heterocycles. The molecule has 0 amide bonds. The standard InChI is InChI=1S/C6H6BrN.C5H13N.C3H8O2/c1-5-2-6(7)4-8-3-5;1-5(2,3)6-4;1-3(5)2-4/h2-4H,1H3;6H,1-4H3;3-5H,2H2,1H3. The Morgan fingerprint density at radius 1 is 1.37 bits per heavy atom. The van der Waals surface area contributed by atoms with Crippen LogP contribution in [0.5, 0.6) is 0 Å². The largest absolute Gasteiger partial charge is 0.394 e. The predicted octanol–water partition coefficient (Wildman–Crippen LogP) is 2.52. The monoisotopic (exact) mass is 334 g/mol. The van der Waals surface area contributed by atoms with E-state index in [2.05, 4.69) is 47.0 Å². The van der Waals surface area contributed by atoms with Gasteiger partial charge in [0.1, 0.15) is 0 Å². The van der Waals surface area contributed by atoms with Crippen molar-refractivity contribution in [1.29, 1.82) is 0 Å². The van der Waals surface area contributed by atoms with Gasteiger partial charge in [-0.2, -0.15) is 0 Å². The Bertz CT molecular complexity index is 308. The minimum Gasteiger partial charge on any atom is -0.394 e. The van der Waals surface area contributed by atoms with Gasteiger partial charge in [-0.1, -0.05) is 0 Å². The van der Waals surface area contributed by atoms with E-state index in [-0.39, 0.29) is 6.61 Å². The summed E-state index contributed by atoms with van der Waals surface area (Å²) in [7, 11) is 1.96. The lowest BCUT2D eigenvalue weighted by Crippen LogP contribution is -2.31. The van der Waals surface area contributed by atoms with E-state index in [0.29, 0.717) is 5.54 Å². The summed E-state index contributed by atoms with van der Waals surface area (Å²) >= 11 is 3.30. The highest BCUT2D eigenvalue weighted by Crippen LogP contribution is 2.07. The zero-order chi connectivity index (χ0) is 15.5. The van der Waals surface area contributed by atoms with Crippen LogP contribution in [0.25, 0.3) is 0 Å². The van der Waals surface area contributed by atoms with Gasteiger partial charge < -0.3 is 15.5 Å². The summed E-state index contributed by atoms with van der Waals surface area (Å²) in [6.07, 6.45) is 3.03. The topological polar surface area (TPSA) is 65.4 Å². The molecule has 1 aromatic heterocycles. The number of aliphatic hydroxyl groups excluding tert-OH is 2. The van der Waals surface area contributed by atoms with Gasteiger partial charge in [0.25, 0.3) is 0 Å². The van der Waals surface area contributed by atoms with Crippen molar-refractivity contribution in [1.82, 2.24) is 10.3 Å². The van der Waals surface area contributed by atoms with Crippen molar-refractivity contribution in [2.24, 2.45) is 0 Å². The van der Waals surface area contributed by atoms with Crippen molar-refractivity contribution in [2.75, 3.05) is 13.7 Å². The molecule has 3 N–H and O–H groups in total. The summed E-state index contributed by atoms with van der Waals surface area (Å²) in [6, 6.07) is 2.02. The van der Waals surface area contributed by atoms with Gasteiger partial charge in [-0.3, -0.25) is 4.98 Å². The Morgan fingerprint density at radius 3 is 1.95 bits per heavy atom. The molecule has 1 heterocycles. The van der Waals surface area contributed by atoms with Gasteiger partial charge in [0, 0.05) is 22.4 Å². The van der Waals surface area contributed by atoms with Gasteiger partial charge in [-0.15, -0.1) is 0 Å². The molecule has 112 valence electrons. The van der Waals surface area contributed by atoms with Crippen molar-refractivity contribution in [3.63, 3.8) is 0 Å². The number of nitrogens with one attached hydrogen (secondary N) is 1. The normalized spacial score (nSPS) is 11.6. The molecule has 1 rings (SSSR count). The first-order valence-electron chi connectivity index (χ1n) is 6.17. The lowest BCUT2D eigenvalue weighted by atomic mass is 10.1. The minimum absolute atomic E-state index is 0.139. The molecule has 0 saturated carbocycles. The van der Waals surface area contributed by atoms with Crippen LogP contribution >= 0.6 is 15.9 Å². The van der Waals surface area contributed by atoms with Gasteiger partial charge >= 0.3 is 0 Å². The zero-order valence-electron chi connectivity index (χ0n) is 12.7. The first-order chi connectivity index (χ1) is 8.62. The molecule has 0 aromatic carbocycles. The van der Waals surface area contributed by atoms with E-state index in [9.17, 15) is 0 Å². The van der Waals surface area contributed by atoms with E-state index in [1.54, 1.807) is 6.20 Å². The molecular weight excluding hydrogens is 308 g/mol. The van der Waals surface area contributed by atoms with Crippen molar-refractivity contribution >= 4 is 15.9 Å². The molecule has 5 heteroatoms. The van der Waals surface area contributed by atoms with Crippen LogP contribution in [-0.4, -0.2) is 40.5 Å². The van der Waals surface area contributed by atoms with Crippen LogP contribution < -0.4 is 5.32 Å². The number of hydrogen-bond acceptors (Lipinski definition) is 4. The zero-order valence-corrected chi connectivity index (χ0v) is 14.3. The van der Waals surface area contributed by atoms with E-state index < -0.39 is 6.10 Å². The third kappa shape index (κ3) is 20.0. The van der Waals surface area contributed by atoms with Crippen LogP contribution in [0.15, 0.2) is 22.9 Å². The summed E-state index contributed by atoms with van der Waals surface area (Å²) in [4.78, 5) is 3.94. The quantitative estimate of drug-likeness (QED) is 0.738. The van der Waals surface area contributed by atoms with E-state index in [1.165, 1.54) is 12.5 Å². The minimum atomic E-state index is -0.560. The molecule has 1 atom stereocenters. The van der Waals surface area contributed by atoms with Crippen molar-refractivity contribution in [3.8, 4) is 0 Å². The van der Waals surface area contributed by atoms with Crippen molar-refractivity contribution in [2.45, 2.75) is 46.3 Å². The molecule has 0 aliphatic rings. The van der Waals surface area contributed by atoms with Crippen LogP contribution in [0.2, 0.25) is 0 Å². The molecule has 0 aliphatic carbocycles. The maximum atomic E-state index is 8.11. The van der Waals surface area contributed by atoms with Crippen LogP contribution in [0.1, 0.15) is 33.3 Å². The van der Waals surface area contributed by atoms with E-state index >= 15 is 0 Å². The number of rotatable bonds is 1. The number of aliphatic hydroxyl groups is 2. The fraction of sp³-hybridized carbons (Fsp3) is 0.643. The smallest absolute Gasteiger partial charge is 0.0742 e. The molecule has 1 aromatic rings. The molecule has 0 spiro atoms. The Labute approximate surface area is 125 Å². The first kappa shape index (κ1) is 20.8. The molecule has 0 radical (unpaired) electrons. The number of hydrogen-bond donors (Lipinski definition) is 3. The van der Waals surface area contributed by atoms with E-state index in [4.69, 9.17) is 10.2 Å². The van der Waals surface area contributed by atoms with Crippen LogP contribution in [0.3, 0.4) is 0 Å². The highest BCUT2D eigenvalue weighted by Gasteiger charge is 2.01. The second-order valence-corrected chi connectivity index (χ2v) is 6.13. The number of pyridine rings is 1. The Hall–Kier alpha value is -0.490. The van der Waals surface area contributed by atoms with Crippen molar-refractivity contribution in [3.05, 3.63) is 28.5 Å². The average Bonchev–Trinajstić information content (AvgIpc) is 2.29. The third-order valence-corrected chi connectivity index (χ3v) is 2.29. The van der Waals surface area contributed by atoms with Gasteiger partial charge in [-0.25, -0.2) is 0 Å². The fourth-order valence-electron chi connectivity index (χ4n) is 0.518. The second kappa shape index (κ2) is 11.3. The summed E-state index contributed by atoms with van der Waals surface area (Å²) < 4.78 is 1.04. The second-order valence-electron chi connectivity index (χ2n) is 5.21. The van der Waals surface area contributed by atoms with Crippen molar-refractivity contribution < 1.29 is 10.2 Å². The van der Waals surface area contributed by atoms with Gasteiger partial charge in [0.2, 0.25) is 0 Å². The number of nitrogens with zero attached hydrogens (tertiary/aromatic N) is 1. The SMILES string of the molecule is CC(O)CO.CNC(C)(C)C.Cc1cncc(Br)c1. The Kier molecular flexibility index (Phi) is 12.4. The summed E-state index contributed by atoms with van der Waals surface area (Å²) in [6.45, 7) is 9.80. The van der Waals surface area contributed by atoms with Gasteiger partial charge in [0.05, 0.1) is 12.7 Å². The average molecular weight is 335 g/mol. The lowest BCUT2D eigenvalue weighted by molar-refractivity contribution is 0.110. The highest BCUT2D eigenvalue weighted by molar-refractivity contribution is 9.10. The van der Waals surface area contributed by atoms with Crippen LogP contribution in [0.4, 0.5) is 0 Å². The van der Waals surface area contributed by atoms with Crippen LogP contribution in [-0.2, 0) is 0 Å². The molecule has 0 saturated heterocycles. The van der Waals surface area contributed by atoms with Gasteiger partial charge in [-0.05, 0) is 69.2 Å². The number of aromatic nitrogens is 1. The fourth-order valence-corrected chi connectivity index (χ4v) is 0.997. The third-order valence-electron chi connectivity index (χ3n) is 1.86. The molecule has 4 nitrogen and oxygen atoms in total. The summed E-state index contributed by atoms with van der Waals surface area (Å²) in [5, 5.41) is 19.1. The van der Waals surface area contributed by atoms with Gasteiger partial charge in [0.15, 0.2) is 0 Å². The van der Waals surface area contributed by atoms with Crippen LogP contribution in [0, 0.1) is 6.92 Å². The molecule has 0 bridgehead atoms. The summed E-state index contributed by atoms with van der Waals surface area (Å²) in [5.74, 6) is 0. The Balaban J connectivity index is 0.